The number of nitrogens with one attached hydrogen (secondary N) is 1. The van der Waals surface area contributed by atoms with Gasteiger partial charge in [-0.15, -0.1) is 0 Å². The van der Waals surface area contributed by atoms with Crippen LogP contribution in [0.1, 0.15) is 46.0 Å². The highest BCUT2D eigenvalue weighted by Gasteiger charge is 2.24. The molecule has 1 aliphatic carbocycles. The van der Waals surface area contributed by atoms with Crippen LogP contribution in [-0.4, -0.2) is 13.2 Å². The number of hydroxylamine groups is 1. The van der Waals surface area contributed by atoms with Gasteiger partial charge in [0.15, 0.2) is 0 Å². The van der Waals surface area contributed by atoms with Crippen LogP contribution in [0.4, 0.5) is 0 Å². The summed E-state index contributed by atoms with van der Waals surface area (Å²) in [7, 11) is 1.71. The molecular weight excluding hydrogens is 174 g/mol. The molecule has 1 rings (SSSR count). The molecule has 82 valence electrons. The lowest BCUT2D eigenvalue weighted by molar-refractivity contribution is 0.0463. The van der Waals surface area contributed by atoms with Gasteiger partial charge in [-0.2, -0.15) is 5.48 Å². The van der Waals surface area contributed by atoms with Crippen molar-refractivity contribution in [2.75, 3.05) is 7.11 Å². The van der Waals surface area contributed by atoms with Crippen molar-refractivity contribution in [2.24, 2.45) is 5.92 Å². The van der Waals surface area contributed by atoms with Crippen LogP contribution in [-0.2, 0) is 4.84 Å². The van der Waals surface area contributed by atoms with Crippen molar-refractivity contribution in [2.45, 2.75) is 52.0 Å². The van der Waals surface area contributed by atoms with Gasteiger partial charge in [0, 0.05) is 0 Å². The minimum atomic E-state index is 0.422. The van der Waals surface area contributed by atoms with E-state index in [2.05, 4.69) is 25.4 Å². The van der Waals surface area contributed by atoms with Gasteiger partial charge in [-0.25, -0.2) is 0 Å². The molecule has 0 aromatic heterocycles. The molecule has 0 spiro atoms. The van der Waals surface area contributed by atoms with Gasteiger partial charge in [-0.3, -0.25) is 0 Å². The van der Waals surface area contributed by atoms with Gasteiger partial charge in [0.05, 0.1) is 13.2 Å². The topological polar surface area (TPSA) is 21.3 Å². The van der Waals surface area contributed by atoms with Crippen molar-refractivity contribution in [1.82, 2.24) is 5.48 Å². The van der Waals surface area contributed by atoms with Crippen molar-refractivity contribution in [3.8, 4) is 0 Å². The van der Waals surface area contributed by atoms with Crippen LogP contribution in [0.25, 0.3) is 0 Å². The minimum Gasteiger partial charge on any atom is -0.305 e. The zero-order chi connectivity index (χ0) is 10.4. The van der Waals surface area contributed by atoms with E-state index in [1.807, 2.05) is 0 Å². The first kappa shape index (κ1) is 11.7. The normalized spacial score (nSPS) is 22.4. The van der Waals surface area contributed by atoms with Gasteiger partial charge in [-0.05, 0) is 32.6 Å². The Morgan fingerprint density at radius 1 is 1.36 bits per heavy atom. The van der Waals surface area contributed by atoms with Gasteiger partial charge in [0.2, 0.25) is 0 Å². The Kier molecular flexibility index (Phi) is 5.20. The summed E-state index contributed by atoms with van der Waals surface area (Å²) in [6, 6.07) is 0.422. The molecule has 1 fully saturated rings. The third-order valence-electron chi connectivity index (χ3n) is 3.31. The lowest BCUT2D eigenvalue weighted by atomic mass is 9.81. The SMILES string of the molecule is C/C=C(\C)[C@@H](NOC)C1CCCCC1. The Morgan fingerprint density at radius 3 is 2.50 bits per heavy atom. The highest BCUT2D eigenvalue weighted by Crippen LogP contribution is 2.29. The second-order valence-corrected chi connectivity index (χ2v) is 4.23. The molecule has 1 aliphatic rings. The lowest BCUT2D eigenvalue weighted by Gasteiger charge is -2.30. The summed E-state index contributed by atoms with van der Waals surface area (Å²) in [5, 5.41) is 0. The van der Waals surface area contributed by atoms with E-state index in [4.69, 9.17) is 4.84 Å². The molecule has 0 heterocycles. The maximum Gasteiger partial charge on any atom is 0.0572 e. The summed E-state index contributed by atoms with van der Waals surface area (Å²) in [6.07, 6.45) is 9.03. The summed E-state index contributed by atoms with van der Waals surface area (Å²) in [5.74, 6) is 0.764. The molecule has 14 heavy (non-hydrogen) atoms. The van der Waals surface area contributed by atoms with Crippen molar-refractivity contribution in [1.29, 1.82) is 0 Å². The Morgan fingerprint density at radius 2 is 2.00 bits per heavy atom. The van der Waals surface area contributed by atoms with Crippen LogP contribution >= 0.6 is 0 Å². The molecule has 0 unspecified atom stereocenters. The Bertz CT molecular complexity index is 183. The molecule has 0 aromatic rings. The molecule has 0 aromatic carbocycles. The molecule has 1 atom stereocenters. The molecule has 0 aliphatic heterocycles. The predicted octanol–water partition coefficient (Wildman–Crippen LogP) is 3.05. The molecule has 0 bridgehead atoms. The Labute approximate surface area is 87.7 Å². The third kappa shape index (κ3) is 3.10. The molecule has 1 N–H and O–H groups in total. The van der Waals surface area contributed by atoms with E-state index in [1.165, 1.54) is 37.7 Å². The Balaban J connectivity index is 2.55. The van der Waals surface area contributed by atoms with Gasteiger partial charge in [-0.1, -0.05) is 30.9 Å². The van der Waals surface area contributed by atoms with E-state index >= 15 is 0 Å². The van der Waals surface area contributed by atoms with Gasteiger partial charge >= 0.3 is 0 Å². The molecule has 0 radical (unpaired) electrons. The van der Waals surface area contributed by atoms with Crippen LogP contribution in [0.15, 0.2) is 11.6 Å². The number of rotatable bonds is 4. The fraction of sp³-hybridized carbons (Fsp3) is 0.833. The van der Waals surface area contributed by atoms with Crippen molar-refractivity contribution in [3.05, 3.63) is 11.6 Å². The fourth-order valence-corrected chi connectivity index (χ4v) is 2.33. The summed E-state index contributed by atoms with van der Waals surface area (Å²) in [6.45, 7) is 4.29. The van der Waals surface area contributed by atoms with Gasteiger partial charge in [0.25, 0.3) is 0 Å². The summed E-state index contributed by atoms with van der Waals surface area (Å²) in [5.41, 5.74) is 4.54. The van der Waals surface area contributed by atoms with Crippen molar-refractivity contribution in [3.63, 3.8) is 0 Å². The zero-order valence-electron chi connectivity index (χ0n) is 9.68. The quantitative estimate of drug-likeness (QED) is 0.552. The molecule has 1 saturated carbocycles. The largest absolute Gasteiger partial charge is 0.305 e. The second kappa shape index (κ2) is 6.20. The van der Waals surface area contributed by atoms with Crippen LogP contribution in [0.5, 0.6) is 0 Å². The summed E-state index contributed by atoms with van der Waals surface area (Å²) < 4.78 is 0. The first-order chi connectivity index (χ1) is 6.79. The van der Waals surface area contributed by atoms with Gasteiger partial charge < -0.3 is 4.84 Å². The first-order valence-electron chi connectivity index (χ1n) is 5.71. The third-order valence-corrected chi connectivity index (χ3v) is 3.31. The average Bonchev–Trinajstić information content (AvgIpc) is 2.26. The highest BCUT2D eigenvalue weighted by molar-refractivity contribution is 5.08. The smallest absolute Gasteiger partial charge is 0.0572 e. The zero-order valence-corrected chi connectivity index (χ0v) is 9.68. The van der Waals surface area contributed by atoms with Crippen molar-refractivity contribution < 1.29 is 4.84 Å². The van der Waals surface area contributed by atoms with E-state index in [0.717, 1.165) is 5.92 Å². The summed E-state index contributed by atoms with van der Waals surface area (Å²) in [4.78, 5) is 5.09. The predicted molar refractivity (Wildman–Crippen MR) is 59.9 cm³/mol. The molecule has 0 amide bonds. The second-order valence-electron chi connectivity index (χ2n) is 4.23. The molecule has 0 saturated heterocycles. The number of hydrogen-bond donors (Lipinski definition) is 1. The maximum absolute atomic E-state index is 5.09. The van der Waals surface area contributed by atoms with Crippen LogP contribution in [0.2, 0.25) is 0 Å². The van der Waals surface area contributed by atoms with Gasteiger partial charge in [0.1, 0.15) is 0 Å². The van der Waals surface area contributed by atoms with E-state index in [1.54, 1.807) is 7.11 Å². The van der Waals surface area contributed by atoms with E-state index in [-0.39, 0.29) is 0 Å². The van der Waals surface area contributed by atoms with E-state index in [0.29, 0.717) is 6.04 Å². The molecule has 2 heteroatoms. The van der Waals surface area contributed by atoms with Crippen LogP contribution < -0.4 is 5.48 Å². The first-order valence-corrected chi connectivity index (χ1v) is 5.71. The molecule has 2 nitrogen and oxygen atoms in total. The average molecular weight is 197 g/mol. The van der Waals surface area contributed by atoms with Crippen LogP contribution in [0.3, 0.4) is 0 Å². The Hall–Kier alpha value is -0.340. The summed E-state index contributed by atoms with van der Waals surface area (Å²) >= 11 is 0. The lowest BCUT2D eigenvalue weighted by Crippen LogP contribution is -2.37. The van der Waals surface area contributed by atoms with E-state index < -0.39 is 0 Å². The maximum atomic E-state index is 5.09. The number of allylic oxidation sites excluding steroid dienone is 1. The number of hydrogen-bond acceptors (Lipinski definition) is 2. The highest BCUT2D eigenvalue weighted by atomic mass is 16.6. The minimum absolute atomic E-state index is 0.422. The van der Waals surface area contributed by atoms with Crippen molar-refractivity contribution >= 4 is 0 Å². The molecular formula is C12H23NO. The fourth-order valence-electron chi connectivity index (χ4n) is 2.33. The van der Waals surface area contributed by atoms with E-state index in [9.17, 15) is 0 Å². The van der Waals surface area contributed by atoms with Crippen LogP contribution in [0, 0.1) is 5.92 Å². The monoisotopic (exact) mass is 197 g/mol. The standard InChI is InChI=1S/C12H23NO/c1-4-10(2)12(13-14-3)11-8-6-5-7-9-11/h4,11-13H,5-9H2,1-3H3/b10-4+/t12-/m1/s1.